The summed E-state index contributed by atoms with van der Waals surface area (Å²) >= 11 is 0. The number of sulfonamides is 1. The van der Waals surface area contributed by atoms with E-state index in [1.807, 2.05) is 0 Å². The van der Waals surface area contributed by atoms with Crippen molar-refractivity contribution in [2.24, 2.45) is 0 Å². The molecule has 112 valence electrons. The summed E-state index contributed by atoms with van der Waals surface area (Å²) in [5.74, 6) is -1.06. The van der Waals surface area contributed by atoms with Gasteiger partial charge in [-0.25, -0.2) is 17.2 Å². The zero-order chi connectivity index (χ0) is 15.6. The third-order valence-corrected chi connectivity index (χ3v) is 4.79. The van der Waals surface area contributed by atoms with Gasteiger partial charge >= 0.3 is 0 Å². The lowest BCUT2D eigenvalue weighted by Gasteiger charge is -2.17. The van der Waals surface area contributed by atoms with Crippen LogP contribution in [0.5, 0.6) is 0 Å². The summed E-state index contributed by atoms with van der Waals surface area (Å²) in [6.07, 6.45) is 0. The van der Waals surface area contributed by atoms with Crippen LogP contribution in [0, 0.1) is 11.6 Å². The van der Waals surface area contributed by atoms with E-state index >= 15 is 0 Å². The molecule has 0 saturated heterocycles. The first-order chi connectivity index (χ1) is 9.80. The molecule has 0 aliphatic carbocycles. The molecular weight excluding hydrogens is 298 g/mol. The van der Waals surface area contributed by atoms with Gasteiger partial charge in [0.2, 0.25) is 10.0 Å². The zero-order valence-electron chi connectivity index (χ0n) is 11.3. The molecule has 0 atom stereocenters. The van der Waals surface area contributed by atoms with Gasteiger partial charge in [0, 0.05) is 13.6 Å². The Morgan fingerprint density at radius 3 is 2.29 bits per heavy atom. The maximum Gasteiger partial charge on any atom is 0.243 e. The minimum Gasteiger partial charge on any atom is -0.396 e. The summed E-state index contributed by atoms with van der Waals surface area (Å²) in [4.78, 5) is -0.0917. The highest BCUT2D eigenvalue weighted by molar-refractivity contribution is 7.89. The molecule has 0 spiro atoms. The molecule has 2 aromatic rings. The highest BCUT2D eigenvalue weighted by atomic mass is 32.2. The van der Waals surface area contributed by atoms with Gasteiger partial charge in [-0.05, 0) is 35.9 Å². The normalized spacial score (nSPS) is 11.8. The Morgan fingerprint density at radius 2 is 1.71 bits per heavy atom. The fourth-order valence-electron chi connectivity index (χ4n) is 1.79. The molecule has 0 heterocycles. The lowest BCUT2D eigenvalue weighted by Crippen LogP contribution is -2.26. The average molecular weight is 312 g/mol. The number of hydrogen-bond acceptors (Lipinski definition) is 3. The van der Waals surface area contributed by atoms with Crippen molar-refractivity contribution >= 4 is 15.7 Å². The lowest BCUT2D eigenvalue weighted by molar-refractivity contribution is 0.466. The molecule has 0 aliphatic heterocycles. The standard InChI is InChI=1S/C14H14F2N2O2S/c1-18(9-10-2-4-11(15)5-3-10)21(19,20)12-6-7-13(16)14(17)8-12/h2-8H,9,17H2,1H3. The Hall–Kier alpha value is -1.99. The molecule has 0 fully saturated rings. The van der Waals surface area contributed by atoms with Gasteiger partial charge in [0.15, 0.2) is 0 Å². The second-order valence-electron chi connectivity index (χ2n) is 4.57. The number of rotatable bonds is 4. The van der Waals surface area contributed by atoms with Crippen LogP contribution in [0.2, 0.25) is 0 Å². The van der Waals surface area contributed by atoms with E-state index in [2.05, 4.69) is 0 Å². The number of nitrogens with zero attached hydrogens (tertiary/aromatic N) is 1. The summed E-state index contributed by atoms with van der Waals surface area (Å²) in [5, 5.41) is 0. The number of benzene rings is 2. The number of hydrogen-bond donors (Lipinski definition) is 1. The van der Waals surface area contributed by atoms with Crippen molar-refractivity contribution in [3.05, 3.63) is 59.7 Å². The van der Waals surface area contributed by atoms with E-state index < -0.39 is 21.7 Å². The van der Waals surface area contributed by atoms with Gasteiger partial charge in [0.05, 0.1) is 10.6 Å². The van der Waals surface area contributed by atoms with E-state index in [1.54, 1.807) is 0 Å². The first kappa shape index (κ1) is 15.4. The molecule has 2 N–H and O–H groups in total. The van der Waals surface area contributed by atoms with Gasteiger partial charge in [0.25, 0.3) is 0 Å². The average Bonchev–Trinajstić information content (AvgIpc) is 2.44. The topological polar surface area (TPSA) is 63.4 Å². The minimum absolute atomic E-state index is 0.0693. The van der Waals surface area contributed by atoms with Crippen LogP contribution in [0.3, 0.4) is 0 Å². The minimum atomic E-state index is -3.79. The monoisotopic (exact) mass is 312 g/mol. The Balaban J connectivity index is 2.25. The fourth-order valence-corrected chi connectivity index (χ4v) is 2.99. The molecule has 2 aromatic carbocycles. The number of nitrogens with two attached hydrogens (primary N) is 1. The van der Waals surface area contributed by atoms with E-state index in [4.69, 9.17) is 5.73 Å². The lowest BCUT2D eigenvalue weighted by atomic mass is 10.2. The van der Waals surface area contributed by atoms with E-state index in [0.29, 0.717) is 5.56 Å². The molecular formula is C14H14F2N2O2S. The molecule has 0 unspecified atom stereocenters. The number of anilines is 1. The molecule has 0 aliphatic rings. The van der Waals surface area contributed by atoms with Gasteiger partial charge in [-0.15, -0.1) is 0 Å². The van der Waals surface area contributed by atoms with Crippen LogP contribution >= 0.6 is 0 Å². The van der Waals surface area contributed by atoms with E-state index in [1.165, 1.54) is 31.3 Å². The predicted octanol–water partition coefficient (Wildman–Crippen LogP) is 2.37. The van der Waals surface area contributed by atoms with Gasteiger partial charge < -0.3 is 5.73 Å². The van der Waals surface area contributed by atoms with E-state index in [9.17, 15) is 17.2 Å². The molecule has 7 heteroatoms. The van der Waals surface area contributed by atoms with Crippen LogP contribution in [0.1, 0.15) is 5.56 Å². The smallest absolute Gasteiger partial charge is 0.243 e. The highest BCUT2D eigenvalue weighted by Gasteiger charge is 2.21. The maximum atomic E-state index is 13.1. The van der Waals surface area contributed by atoms with Crippen molar-refractivity contribution in [3.8, 4) is 0 Å². The van der Waals surface area contributed by atoms with Gasteiger partial charge in [-0.2, -0.15) is 4.31 Å². The van der Waals surface area contributed by atoms with Gasteiger partial charge in [-0.1, -0.05) is 12.1 Å². The van der Waals surface area contributed by atoms with Crippen molar-refractivity contribution in [1.29, 1.82) is 0 Å². The molecule has 0 aromatic heterocycles. The van der Waals surface area contributed by atoms with Crippen molar-refractivity contribution < 1.29 is 17.2 Å². The van der Waals surface area contributed by atoms with E-state index in [0.717, 1.165) is 22.5 Å². The molecule has 0 bridgehead atoms. The second kappa shape index (κ2) is 5.79. The van der Waals surface area contributed by atoms with Crippen LogP contribution in [0.15, 0.2) is 47.4 Å². The predicted molar refractivity (Wildman–Crippen MR) is 75.9 cm³/mol. The van der Waals surface area contributed by atoms with Crippen molar-refractivity contribution in [3.63, 3.8) is 0 Å². The number of nitrogen functional groups attached to an aromatic ring is 1. The largest absolute Gasteiger partial charge is 0.396 e. The van der Waals surface area contributed by atoms with Crippen LogP contribution in [-0.4, -0.2) is 19.8 Å². The van der Waals surface area contributed by atoms with E-state index in [-0.39, 0.29) is 17.1 Å². The Labute approximate surface area is 121 Å². The number of halogens is 2. The van der Waals surface area contributed by atoms with Crippen LogP contribution in [-0.2, 0) is 16.6 Å². The third kappa shape index (κ3) is 3.37. The third-order valence-electron chi connectivity index (χ3n) is 2.99. The summed E-state index contributed by atoms with van der Waals surface area (Å²) in [6, 6.07) is 8.75. The summed E-state index contributed by atoms with van der Waals surface area (Å²) in [7, 11) is -2.41. The Morgan fingerprint density at radius 1 is 1.10 bits per heavy atom. The van der Waals surface area contributed by atoms with Gasteiger partial charge in [0.1, 0.15) is 11.6 Å². The fraction of sp³-hybridized carbons (Fsp3) is 0.143. The highest BCUT2D eigenvalue weighted by Crippen LogP contribution is 2.21. The first-order valence-electron chi connectivity index (χ1n) is 6.06. The van der Waals surface area contributed by atoms with Crippen molar-refractivity contribution in [1.82, 2.24) is 4.31 Å². The molecule has 0 saturated carbocycles. The van der Waals surface area contributed by atoms with Gasteiger partial charge in [-0.3, -0.25) is 0 Å². The molecule has 0 radical (unpaired) electrons. The maximum absolute atomic E-state index is 13.1. The van der Waals surface area contributed by atoms with Crippen LogP contribution in [0.4, 0.5) is 14.5 Å². The quantitative estimate of drug-likeness (QED) is 0.882. The summed E-state index contributed by atoms with van der Waals surface area (Å²) < 4.78 is 51.7. The first-order valence-corrected chi connectivity index (χ1v) is 7.50. The van der Waals surface area contributed by atoms with Crippen molar-refractivity contribution in [2.75, 3.05) is 12.8 Å². The Bertz CT molecular complexity index is 746. The van der Waals surface area contributed by atoms with Crippen molar-refractivity contribution in [2.45, 2.75) is 11.4 Å². The SMILES string of the molecule is CN(Cc1ccc(F)cc1)S(=O)(=O)c1ccc(F)c(N)c1. The zero-order valence-corrected chi connectivity index (χ0v) is 12.1. The van der Waals surface area contributed by atoms with Crippen LogP contribution in [0.25, 0.3) is 0 Å². The Kier molecular flexibility index (Phi) is 4.24. The summed E-state index contributed by atoms with van der Waals surface area (Å²) in [6.45, 7) is 0.0693. The van der Waals surface area contributed by atoms with Crippen LogP contribution < -0.4 is 5.73 Å². The summed E-state index contributed by atoms with van der Waals surface area (Å²) in [5.41, 5.74) is 5.79. The molecule has 2 rings (SSSR count). The second-order valence-corrected chi connectivity index (χ2v) is 6.62. The molecule has 21 heavy (non-hydrogen) atoms. The molecule has 4 nitrogen and oxygen atoms in total. The molecule has 0 amide bonds.